The lowest BCUT2D eigenvalue weighted by Crippen LogP contribution is -2.48. The smallest absolute Gasteiger partial charge is 0.251 e. The lowest BCUT2D eigenvalue weighted by molar-refractivity contribution is -0.147. The van der Waals surface area contributed by atoms with Crippen molar-refractivity contribution in [3.63, 3.8) is 0 Å². The van der Waals surface area contributed by atoms with Crippen LogP contribution in [0.2, 0.25) is 0 Å². The van der Waals surface area contributed by atoms with Crippen molar-refractivity contribution in [3.05, 3.63) is 0 Å². The molecule has 0 aromatic carbocycles. The number of rotatable bonds is 4. The van der Waals surface area contributed by atoms with E-state index in [9.17, 15) is 4.79 Å². The van der Waals surface area contributed by atoms with E-state index in [0.717, 1.165) is 32.7 Å². The van der Waals surface area contributed by atoms with Crippen molar-refractivity contribution in [3.8, 4) is 0 Å². The molecule has 2 aliphatic heterocycles. The number of ether oxygens (including phenoxy) is 2. The van der Waals surface area contributed by atoms with E-state index < -0.39 is 6.10 Å². The Hall–Kier alpha value is -0.690. The Bertz CT molecular complexity index is 238. The van der Waals surface area contributed by atoms with Crippen molar-refractivity contribution >= 4 is 5.91 Å². The van der Waals surface area contributed by atoms with Gasteiger partial charge >= 0.3 is 0 Å². The molecule has 0 aliphatic carbocycles. The quantitative estimate of drug-likeness (QED) is 0.624. The van der Waals surface area contributed by atoms with Gasteiger partial charge in [-0.25, -0.2) is 0 Å². The molecule has 6 heteroatoms. The maximum absolute atomic E-state index is 11.7. The summed E-state index contributed by atoms with van der Waals surface area (Å²) in [5.74, 6) is -0.0557. The van der Waals surface area contributed by atoms with Crippen molar-refractivity contribution < 1.29 is 14.3 Å². The SMILES string of the molecule is O=C(NCCN1CCNCC1)C1COCCO1. The van der Waals surface area contributed by atoms with Gasteiger partial charge in [-0.05, 0) is 0 Å². The van der Waals surface area contributed by atoms with Crippen LogP contribution in [0.25, 0.3) is 0 Å². The Morgan fingerprint density at radius 2 is 2.18 bits per heavy atom. The van der Waals surface area contributed by atoms with Gasteiger partial charge in [0.2, 0.25) is 0 Å². The first-order valence-electron chi connectivity index (χ1n) is 6.26. The highest BCUT2D eigenvalue weighted by Crippen LogP contribution is 2.00. The molecule has 2 heterocycles. The third-order valence-corrected chi connectivity index (χ3v) is 3.05. The molecule has 0 aromatic rings. The van der Waals surface area contributed by atoms with Crippen molar-refractivity contribution in [2.45, 2.75) is 6.10 Å². The molecular weight excluding hydrogens is 222 g/mol. The molecule has 0 aromatic heterocycles. The molecule has 98 valence electrons. The summed E-state index contributed by atoms with van der Waals surface area (Å²) in [6.45, 7) is 7.23. The van der Waals surface area contributed by atoms with Crippen molar-refractivity contribution in [2.24, 2.45) is 0 Å². The first-order valence-corrected chi connectivity index (χ1v) is 6.26. The summed E-state index contributed by atoms with van der Waals surface area (Å²) in [7, 11) is 0. The topological polar surface area (TPSA) is 62.8 Å². The van der Waals surface area contributed by atoms with Gasteiger partial charge in [-0.2, -0.15) is 0 Å². The Morgan fingerprint density at radius 3 is 2.88 bits per heavy atom. The number of amides is 1. The molecule has 2 saturated heterocycles. The van der Waals surface area contributed by atoms with Crippen molar-refractivity contribution in [2.75, 3.05) is 59.1 Å². The first-order chi connectivity index (χ1) is 8.36. The Kier molecular flexibility index (Phi) is 5.18. The monoisotopic (exact) mass is 243 g/mol. The molecule has 6 nitrogen and oxygen atoms in total. The summed E-state index contributed by atoms with van der Waals surface area (Å²) in [5, 5.41) is 6.19. The zero-order chi connectivity index (χ0) is 11.9. The van der Waals surface area contributed by atoms with Crippen molar-refractivity contribution in [1.29, 1.82) is 0 Å². The van der Waals surface area contributed by atoms with Crippen LogP contribution in [0, 0.1) is 0 Å². The van der Waals surface area contributed by atoms with Crippen LogP contribution >= 0.6 is 0 Å². The second kappa shape index (κ2) is 6.90. The summed E-state index contributed by atoms with van der Waals surface area (Å²) >= 11 is 0. The molecule has 0 spiro atoms. The van der Waals surface area contributed by atoms with Crippen LogP contribution in [-0.4, -0.2) is 76.0 Å². The maximum atomic E-state index is 11.7. The van der Waals surface area contributed by atoms with Crippen LogP contribution in [0.3, 0.4) is 0 Å². The molecular formula is C11H21N3O3. The standard InChI is InChI=1S/C11H21N3O3/c15-11(10-9-16-7-8-17-10)13-3-6-14-4-1-12-2-5-14/h10,12H,1-9H2,(H,13,15). The minimum absolute atomic E-state index is 0.0557. The van der Waals surface area contributed by atoms with E-state index in [4.69, 9.17) is 9.47 Å². The zero-order valence-corrected chi connectivity index (χ0v) is 10.1. The van der Waals surface area contributed by atoms with E-state index in [1.165, 1.54) is 0 Å². The normalized spacial score (nSPS) is 26.7. The number of carbonyl (C=O) groups excluding carboxylic acids is 1. The molecule has 2 fully saturated rings. The predicted octanol–water partition coefficient (Wildman–Crippen LogP) is -1.58. The zero-order valence-electron chi connectivity index (χ0n) is 10.1. The molecule has 1 atom stereocenters. The van der Waals surface area contributed by atoms with Crippen LogP contribution < -0.4 is 10.6 Å². The summed E-state index contributed by atoms with van der Waals surface area (Å²) in [6, 6.07) is 0. The number of hydrogen-bond donors (Lipinski definition) is 2. The molecule has 1 amide bonds. The number of nitrogens with one attached hydrogen (secondary N) is 2. The molecule has 2 aliphatic rings. The van der Waals surface area contributed by atoms with Crippen LogP contribution in [-0.2, 0) is 14.3 Å². The Labute approximate surface area is 102 Å². The second-order valence-electron chi connectivity index (χ2n) is 4.32. The van der Waals surface area contributed by atoms with E-state index >= 15 is 0 Å². The fraction of sp³-hybridized carbons (Fsp3) is 0.909. The van der Waals surface area contributed by atoms with Gasteiger partial charge in [0.1, 0.15) is 0 Å². The summed E-state index contributed by atoms with van der Waals surface area (Å²) < 4.78 is 10.5. The summed E-state index contributed by atoms with van der Waals surface area (Å²) in [4.78, 5) is 14.0. The van der Waals surface area contributed by atoms with Gasteiger partial charge in [-0.3, -0.25) is 9.69 Å². The lowest BCUT2D eigenvalue weighted by Gasteiger charge is -2.27. The predicted molar refractivity (Wildman–Crippen MR) is 62.9 cm³/mol. The molecule has 2 N–H and O–H groups in total. The van der Waals surface area contributed by atoms with E-state index in [1.807, 2.05) is 0 Å². The highest BCUT2D eigenvalue weighted by molar-refractivity contribution is 5.80. The van der Waals surface area contributed by atoms with Gasteiger partial charge in [0.05, 0.1) is 19.8 Å². The molecule has 0 radical (unpaired) electrons. The van der Waals surface area contributed by atoms with Crippen LogP contribution in [0.15, 0.2) is 0 Å². The van der Waals surface area contributed by atoms with Crippen LogP contribution in [0.1, 0.15) is 0 Å². The third kappa shape index (κ3) is 4.23. The van der Waals surface area contributed by atoms with E-state index in [1.54, 1.807) is 0 Å². The molecule has 2 rings (SSSR count). The van der Waals surface area contributed by atoms with Crippen molar-refractivity contribution in [1.82, 2.24) is 15.5 Å². The Balaban J connectivity index is 1.58. The third-order valence-electron chi connectivity index (χ3n) is 3.05. The van der Waals surface area contributed by atoms with Gasteiger partial charge in [0.25, 0.3) is 5.91 Å². The number of nitrogens with zero attached hydrogens (tertiary/aromatic N) is 1. The molecule has 1 unspecified atom stereocenters. The highest BCUT2D eigenvalue weighted by atomic mass is 16.6. The summed E-state index contributed by atoms with van der Waals surface area (Å²) in [5.41, 5.74) is 0. The average Bonchev–Trinajstić information content (AvgIpc) is 2.41. The minimum atomic E-state index is -0.424. The second-order valence-corrected chi connectivity index (χ2v) is 4.32. The van der Waals surface area contributed by atoms with Gasteiger partial charge in [-0.1, -0.05) is 0 Å². The highest BCUT2D eigenvalue weighted by Gasteiger charge is 2.22. The summed E-state index contributed by atoms with van der Waals surface area (Å²) in [6.07, 6.45) is -0.424. The van der Waals surface area contributed by atoms with E-state index in [2.05, 4.69) is 15.5 Å². The minimum Gasteiger partial charge on any atom is -0.376 e. The van der Waals surface area contributed by atoms with Crippen LogP contribution in [0.4, 0.5) is 0 Å². The van der Waals surface area contributed by atoms with E-state index in [-0.39, 0.29) is 5.91 Å². The van der Waals surface area contributed by atoms with Gasteiger partial charge in [-0.15, -0.1) is 0 Å². The molecule has 0 bridgehead atoms. The van der Waals surface area contributed by atoms with Gasteiger partial charge < -0.3 is 20.1 Å². The molecule has 17 heavy (non-hydrogen) atoms. The number of piperazine rings is 1. The average molecular weight is 243 g/mol. The van der Waals surface area contributed by atoms with Crippen LogP contribution in [0.5, 0.6) is 0 Å². The number of hydrogen-bond acceptors (Lipinski definition) is 5. The Morgan fingerprint density at radius 1 is 1.35 bits per heavy atom. The maximum Gasteiger partial charge on any atom is 0.251 e. The van der Waals surface area contributed by atoms with E-state index in [0.29, 0.717) is 26.4 Å². The fourth-order valence-electron chi connectivity index (χ4n) is 2.02. The van der Waals surface area contributed by atoms with Gasteiger partial charge in [0.15, 0.2) is 6.10 Å². The fourth-order valence-corrected chi connectivity index (χ4v) is 2.02. The lowest BCUT2D eigenvalue weighted by atomic mass is 10.3. The first kappa shape index (κ1) is 12.8. The largest absolute Gasteiger partial charge is 0.376 e. The molecule has 0 saturated carbocycles. The number of carbonyl (C=O) groups is 1. The van der Waals surface area contributed by atoms with Gasteiger partial charge in [0, 0.05) is 39.3 Å².